The highest BCUT2D eigenvalue weighted by atomic mass is 35.5. The zero-order valence-electron chi connectivity index (χ0n) is 16.1. The van der Waals surface area contributed by atoms with Crippen LogP contribution in [-0.2, 0) is 6.54 Å². The van der Waals surface area contributed by atoms with E-state index in [-0.39, 0.29) is 17.7 Å². The van der Waals surface area contributed by atoms with E-state index in [1.165, 1.54) is 6.26 Å². The Bertz CT molecular complexity index is 1150. The summed E-state index contributed by atoms with van der Waals surface area (Å²) in [6.07, 6.45) is 1.47. The van der Waals surface area contributed by atoms with Crippen molar-refractivity contribution in [2.45, 2.75) is 19.5 Å². The first-order valence-electron chi connectivity index (χ1n) is 9.18. The van der Waals surface area contributed by atoms with Crippen molar-refractivity contribution in [3.05, 3.63) is 83.0 Å². The fourth-order valence-corrected chi connectivity index (χ4v) is 3.52. The van der Waals surface area contributed by atoms with E-state index in [2.05, 4.69) is 9.88 Å². The topological polar surface area (TPSA) is 69.3 Å². The summed E-state index contributed by atoms with van der Waals surface area (Å²) in [5.41, 5.74) is 2.77. The third-order valence-corrected chi connectivity index (χ3v) is 4.93. The van der Waals surface area contributed by atoms with Crippen molar-refractivity contribution >= 4 is 28.5 Å². The van der Waals surface area contributed by atoms with E-state index >= 15 is 0 Å². The number of hydrogen-bond donors (Lipinski definition) is 1. The van der Waals surface area contributed by atoms with Crippen LogP contribution in [0.1, 0.15) is 34.9 Å². The molecule has 29 heavy (non-hydrogen) atoms. The van der Waals surface area contributed by atoms with Gasteiger partial charge in [0.2, 0.25) is 0 Å². The number of carbonyl (C=O) groups is 1. The van der Waals surface area contributed by atoms with Crippen LogP contribution in [0, 0.1) is 0 Å². The predicted octanol–water partition coefficient (Wildman–Crippen LogP) is 4.83. The Morgan fingerprint density at radius 2 is 2.10 bits per heavy atom. The van der Waals surface area contributed by atoms with Crippen LogP contribution in [-0.4, -0.2) is 22.6 Å². The van der Waals surface area contributed by atoms with E-state index in [1.807, 2.05) is 49.4 Å². The van der Waals surface area contributed by atoms with Crippen LogP contribution in [0.25, 0.3) is 11.0 Å². The number of nitrogens with zero attached hydrogens (tertiary/aromatic N) is 2. The van der Waals surface area contributed by atoms with Crippen LogP contribution in [0.3, 0.4) is 0 Å². The van der Waals surface area contributed by atoms with Crippen molar-refractivity contribution in [1.82, 2.24) is 14.9 Å². The molecule has 0 aliphatic rings. The molecule has 7 heteroatoms. The van der Waals surface area contributed by atoms with Crippen LogP contribution < -0.4 is 10.1 Å². The zero-order chi connectivity index (χ0) is 20.4. The Hall–Kier alpha value is -3.25. The van der Waals surface area contributed by atoms with E-state index in [9.17, 15) is 4.79 Å². The van der Waals surface area contributed by atoms with Gasteiger partial charge < -0.3 is 19.0 Å². The van der Waals surface area contributed by atoms with Crippen LogP contribution in [0.4, 0.5) is 0 Å². The smallest absolute Gasteiger partial charge is 0.287 e. The summed E-state index contributed by atoms with van der Waals surface area (Å²) in [6.45, 7) is 2.45. The first-order chi connectivity index (χ1) is 14.0. The van der Waals surface area contributed by atoms with E-state index in [4.69, 9.17) is 25.7 Å². The number of ether oxygens (including phenoxy) is 1. The van der Waals surface area contributed by atoms with Crippen molar-refractivity contribution in [3.63, 3.8) is 0 Å². The van der Waals surface area contributed by atoms with Gasteiger partial charge in [-0.2, -0.15) is 0 Å². The zero-order valence-corrected chi connectivity index (χ0v) is 16.8. The third kappa shape index (κ3) is 3.98. The number of carbonyl (C=O) groups excluding carboxylic acids is 1. The molecule has 4 aromatic rings. The van der Waals surface area contributed by atoms with Gasteiger partial charge in [-0.1, -0.05) is 23.7 Å². The van der Waals surface area contributed by atoms with E-state index in [0.717, 1.165) is 28.2 Å². The number of methoxy groups -OCH3 is 1. The molecule has 1 unspecified atom stereocenters. The van der Waals surface area contributed by atoms with Crippen molar-refractivity contribution in [1.29, 1.82) is 0 Å². The predicted molar refractivity (Wildman–Crippen MR) is 111 cm³/mol. The summed E-state index contributed by atoms with van der Waals surface area (Å²) in [4.78, 5) is 17.2. The van der Waals surface area contributed by atoms with Gasteiger partial charge in [-0.3, -0.25) is 4.79 Å². The number of amides is 1. The van der Waals surface area contributed by atoms with Gasteiger partial charge in [0, 0.05) is 17.6 Å². The molecule has 0 radical (unpaired) electrons. The Balaban J connectivity index is 1.74. The fraction of sp³-hybridized carbons (Fsp3) is 0.182. The average molecular weight is 410 g/mol. The Labute approximate surface area is 173 Å². The highest BCUT2D eigenvalue weighted by molar-refractivity contribution is 6.30. The lowest BCUT2D eigenvalue weighted by Crippen LogP contribution is -2.28. The number of halogens is 1. The van der Waals surface area contributed by atoms with Gasteiger partial charge in [0.25, 0.3) is 5.91 Å². The number of aromatic nitrogens is 2. The van der Waals surface area contributed by atoms with Gasteiger partial charge in [0.05, 0.1) is 30.4 Å². The fourth-order valence-electron chi connectivity index (χ4n) is 3.30. The molecule has 1 atom stereocenters. The number of fused-ring (bicyclic) bond motifs is 1. The van der Waals surface area contributed by atoms with Gasteiger partial charge >= 0.3 is 0 Å². The molecule has 0 spiro atoms. The monoisotopic (exact) mass is 409 g/mol. The number of furan rings is 1. The summed E-state index contributed by atoms with van der Waals surface area (Å²) >= 11 is 6.17. The molecule has 6 nitrogen and oxygen atoms in total. The molecule has 0 fully saturated rings. The SMILES string of the molecule is COc1ccc2nc(C(C)NC(=O)c3ccco3)n(Cc3cccc(Cl)c3)c2c1. The highest BCUT2D eigenvalue weighted by Crippen LogP contribution is 2.26. The summed E-state index contributed by atoms with van der Waals surface area (Å²) in [6, 6.07) is 16.4. The summed E-state index contributed by atoms with van der Waals surface area (Å²) in [7, 11) is 1.63. The molecule has 148 valence electrons. The van der Waals surface area contributed by atoms with Crippen LogP contribution >= 0.6 is 11.6 Å². The first kappa shape index (κ1) is 19.1. The van der Waals surface area contributed by atoms with Gasteiger partial charge in [0.1, 0.15) is 11.6 Å². The minimum atomic E-state index is -0.342. The molecule has 2 aromatic heterocycles. The molecule has 0 bridgehead atoms. The molecule has 4 rings (SSSR count). The molecule has 1 amide bonds. The van der Waals surface area contributed by atoms with Gasteiger partial charge in [-0.05, 0) is 48.9 Å². The molecule has 2 aromatic carbocycles. The van der Waals surface area contributed by atoms with Crippen molar-refractivity contribution in [2.75, 3.05) is 7.11 Å². The largest absolute Gasteiger partial charge is 0.497 e. The van der Waals surface area contributed by atoms with Gasteiger partial charge in [0.15, 0.2) is 5.76 Å². The number of benzene rings is 2. The summed E-state index contributed by atoms with van der Waals surface area (Å²) in [5.74, 6) is 1.44. The number of hydrogen-bond acceptors (Lipinski definition) is 4. The third-order valence-electron chi connectivity index (χ3n) is 4.69. The lowest BCUT2D eigenvalue weighted by Gasteiger charge is -2.16. The minimum Gasteiger partial charge on any atom is -0.497 e. The van der Waals surface area contributed by atoms with Crippen LogP contribution in [0.5, 0.6) is 5.75 Å². The lowest BCUT2D eigenvalue weighted by atomic mass is 10.2. The van der Waals surface area contributed by atoms with E-state index < -0.39 is 0 Å². The Morgan fingerprint density at radius 1 is 1.24 bits per heavy atom. The highest BCUT2D eigenvalue weighted by Gasteiger charge is 2.21. The average Bonchev–Trinajstić information content (AvgIpc) is 3.36. The minimum absolute atomic E-state index is 0.260. The number of imidazole rings is 1. The maximum absolute atomic E-state index is 12.4. The normalized spacial score (nSPS) is 12.1. The Morgan fingerprint density at radius 3 is 2.83 bits per heavy atom. The quantitative estimate of drug-likeness (QED) is 0.495. The van der Waals surface area contributed by atoms with E-state index in [1.54, 1.807) is 19.2 Å². The molecular weight excluding hydrogens is 390 g/mol. The second-order valence-corrected chi connectivity index (χ2v) is 7.15. The van der Waals surface area contributed by atoms with Gasteiger partial charge in [-0.25, -0.2) is 4.98 Å². The molecule has 0 aliphatic heterocycles. The molecule has 2 heterocycles. The van der Waals surface area contributed by atoms with Crippen molar-refractivity contribution < 1.29 is 13.9 Å². The standard InChI is InChI=1S/C22H20ClN3O3/c1-14(24-22(27)20-7-4-10-29-20)21-25-18-9-8-17(28-2)12-19(18)26(21)13-15-5-3-6-16(23)11-15/h3-12,14H,13H2,1-2H3,(H,24,27). The van der Waals surface area contributed by atoms with Gasteiger partial charge in [-0.15, -0.1) is 0 Å². The Kier molecular flexibility index (Phi) is 5.27. The maximum atomic E-state index is 12.4. The summed E-state index contributed by atoms with van der Waals surface area (Å²) < 4.78 is 12.6. The number of rotatable bonds is 6. The van der Waals surface area contributed by atoms with Crippen molar-refractivity contribution in [2.24, 2.45) is 0 Å². The van der Waals surface area contributed by atoms with E-state index in [0.29, 0.717) is 11.6 Å². The second-order valence-electron chi connectivity index (χ2n) is 6.71. The summed E-state index contributed by atoms with van der Waals surface area (Å²) in [5, 5.41) is 3.62. The lowest BCUT2D eigenvalue weighted by molar-refractivity contribution is 0.0909. The first-order valence-corrected chi connectivity index (χ1v) is 9.56. The van der Waals surface area contributed by atoms with Crippen LogP contribution in [0.15, 0.2) is 65.3 Å². The second kappa shape index (κ2) is 8.01. The number of nitrogens with one attached hydrogen (secondary N) is 1. The molecule has 0 aliphatic carbocycles. The molecule has 0 saturated carbocycles. The molecule has 1 N–H and O–H groups in total. The molecular formula is C22H20ClN3O3. The van der Waals surface area contributed by atoms with Crippen LogP contribution in [0.2, 0.25) is 5.02 Å². The van der Waals surface area contributed by atoms with Crippen molar-refractivity contribution in [3.8, 4) is 5.75 Å². The maximum Gasteiger partial charge on any atom is 0.287 e. The molecule has 0 saturated heterocycles.